The second-order valence-electron chi connectivity index (χ2n) is 6.50. The fourth-order valence-electron chi connectivity index (χ4n) is 3.04. The van der Waals surface area contributed by atoms with Crippen molar-refractivity contribution >= 4 is 24.8 Å². The molecule has 1 aromatic carbocycles. The Kier molecular flexibility index (Phi) is 5.51. The van der Waals surface area contributed by atoms with Gasteiger partial charge in [-0.05, 0) is 17.7 Å². The van der Waals surface area contributed by atoms with Gasteiger partial charge in [-0.15, -0.1) is 0 Å². The summed E-state index contributed by atoms with van der Waals surface area (Å²) in [5.41, 5.74) is 1.36. The van der Waals surface area contributed by atoms with E-state index in [9.17, 15) is 19.2 Å². The fourth-order valence-corrected chi connectivity index (χ4v) is 3.48. The third kappa shape index (κ3) is 4.18. The van der Waals surface area contributed by atoms with Crippen LogP contribution in [0.1, 0.15) is 11.8 Å². The van der Waals surface area contributed by atoms with Crippen molar-refractivity contribution in [3.05, 3.63) is 48.3 Å². The fraction of sp³-hybridized carbons (Fsp3) is 0.312. The first kappa shape index (κ1) is 20.8. The second kappa shape index (κ2) is 7.96. The van der Waals surface area contributed by atoms with Crippen LogP contribution < -0.4 is 5.32 Å². The van der Waals surface area contributed by atoms with E-state index in [4.69, 9.17) is 14.5 Å². The van der Waals surface area contributed by atoms with Crippen molar-refractivity contribution in [3.63, 3.8) is 0 Å². The number of aliphatic hydroxyl groups excluding tert-OH is 2. The zero-order chi connectivity index (χ0) is 21.5. The normalized spacial score (nSPS) is 24.4. The summed E-state index contributed by atoms with van der Waals surface area (Å²) in [4.78, 5) is 30.3. The van der Waals surface area contributed by atoms with Gasteiger partial charge < -0.3 is 30.1 Å². The minimum absolute atomic E-state index is 0.236. The first-order valence-corrected chi connectivity index (χ1v) is 10.2. The van der Waals surface area contributed by atoms with Crippen LogP contribution in [0.25, 0.3) is 11.2 Å². The van der Waals surface area contributed by atoms with Gasteiger partial charge in [-0.2, -0.15) is 0 Å². The number of anilines is 1. The van der Waals surface area contributed by atoms with E-state index in [1.807, 2.05) is 0 Å². The molecule has 2 aromatic heterocycles. The molecule has 160 valence electrons. The van der Waals surface area contributed by atoms with E-state index in [0.717, 1.165) is 5.56 Å². The minimum atomic E-state index is -4.96. The molecule has 0 radical (unpaired) electrons. The molecule has 0 aliphatic carbocycles. The monoisotopic (exact) mass is 441 g/mol. The van der Waals surface area contributed by atoms with Gasteiger partial charge in [-0.3, -0.25) is 9.09 Å². The Bertz CT molecular complexity index is 1090. The van der Waals surface area contributed by atoms with Gasteiger partial charge in [0, 0.05) is 6.54 Å². The van der Waals surface area contributed by atoms with Gasteiger partial charge in [0.1, 0.15) is 24.4 Å². The van der Waals surface area contributed by atoms with Crippen molar-refractivity contribution in [2.24, 2.45) is 0 Å². The zero-order valence-corrected chi connectivity index (χ0v) is 16.0. The highest BCUT2D eigenvalue weighted by atomic mass is 31.2. The molecule has 0 spiro atoms. The molecule has 30 heavy (non-hydrogen) atoms. The van der Waals surface area contributed by atoms with Gasteiger partial charge in [0.2, 0.25) is 0 Å². The predicted molar refractivity (Wildman–Crippen MR) is 98.1 cm³/mol. The molecule has 0 bridgehead atoms. The van der Waals surface area contributed by atoms with Gasteiger partial charge in [0.05, 0.1) is 6.33 Å². The van der Waals surface area contributed by atoms with Crippen molar-refractivity contribution in [1.29, 1.82) is 0 Å². The van der Waals surface area contributed by atoms with Crippen molar-refractivity contribution in [3.8, 4) is 0 Å². The van der Waals surface area contributed by atoms with Crippen LogP contribution in [0.2, 0.25) is 0 Å². The first-order valence-electron chi connectivity index (χ1n) is 8.64. The lowest BCUT2D eigenvalue weighted by Gasteiger charge is -2.16. The summed E-state index contributed by atoms with van der Waals surface area (Å²) < 4.78 is 35.0. The van der Waals surface area contributed by atoms with Gasteiger partial charge in [0.15, 0.2) is 29.5 Å². The Morgan fingerprint density at radius 2 is 1.90 bits per heavy atom. The summed E-state index contributed by atoms with van der Waals surface area (Å²) >= 11 is 0. The lowest BCUT2D eigenvalue weighted by Crippen LogP contribution is -2.32. The molecule has 1 saturated heterocycles. The van der Waals surface area contributed by atoms with Crippen molar-refractivity contribution in [1.82, 2.24) is 19.5 Å². The largest absolute Gasteiger partial charge is 0.472 e. The van der Waals surface area contributed by atoms with E-state index in [1.54, 1.807) is 12.1 Å². The smallest absolute Gasteiger partial charge is 0.385 e. The van der Waals surface area contributed by atoms with Gasteiger partial charge in [-0.1, -0.05) is 12.1 Å². The Balaban J connectivity index is 1.57. The molecule has 1 aliphatic heterocycles. The average molecular weight is 441 g/mol. The average Bonchev–Trinajstić information content (AvgIpc) is 3.23. The number of halogens is 1. The number of aliphatic hydroxyl groups is 2. The number of nitrogens with one attached hydrogen (secondary N) is 1. The standard InChI is InChI=1S/C16H17FN5O7P/c17-9-3-1-8(2-4-9)5-18-13-10-14(20-6-19-13)22(7-21-10)15-11(23)12(24)16(28-15)29-30(25,26)27/h1-4,6-7,11-12,15-16,23-24H,5H2,(H,18,19,20)(H2,25,26,27)/t11-,12+,15-,16+/m1/s1. The summed E-state index contributed by atoms with van der Waals surface area (Å²) in [6.07, 6.45) is -3.76. The number of aromatic nitrogens is 4. The number of rotatable bonds is 6. The third-order valence-electron chi connectivity index (χ3n) is 4.44. The molecule has 14 heteroatoms. The maximum absolute atomic E-state index is 13.0. The van der Waals surface area contributed by atoms with E-state index >= 15 is 0 Å². The van der Waals surface area contributed by atoms with Crippen molar-refractivity contribution in [2.75, 3.05) is 5.32 Å². The lowest BCUT2D eigenvalue weighted by atomic mass is 10.2. The highest BCUT2D eigenvalue weighted by molar-refractivity contribution is 7.46. The number of ether oxygens (including phenoxy) is 1. The maximum atomic E-state index is 13.0. The second-order valence-corrected chi connectivity index (χ2v) is 7.69. The molecule has 4 atom stereocenters. The van der Waals surface area contributed by atoms with Crippen LogP contribution in [-0.4, -0.2) is 58.0 Å². The molecule has 12 nitrogen and oxygen atoms in total. The summed E-state index contributed by atoms with van der Waals surface area (Å²) in [6, 6.07) is 5.90. The molecular formula is C16H17FN5O7P. The number of imidazole rings is 1. The summed E-state index contributed by atoms with van der Waals surface area (Å²) in [5.74, 6) is 0.0133. The summed E-state index contributed by atoms with van der Waals surface area (Å²) in [7, 11) is -4.96. The van der Waals surface area contributed by atoms with Crippen LogP contribution in [0.3, 0.4) is 0 Å². The van der Waals surface area contributed by atoms with E-state index in [0.29, 0.717) is 17.9 Å². The number of fused-ring (bicyclic) bond motifs is 1. The number of phosphoric ester groups is 1. The SMILES string of the molecule is O=P(O)(O)O[C@@H]1O[C@@H](n2cnc3c(NCc4ccc(F)cc4)ncnc32)[C@H](O)[C@@H]1O. The van der Waals surface area contributed by atoms with Crippen LogP contribution >= 0.6 is 7.82 Å². The van der Waals surface area contributed by atoms with Crippen LogP contribution in [0.5, 0.6) is 0 Å². The Morgan fingerprint density at radius 1 is 1.17 bits per heavy atom. The number of hydrogen-bond donors (Lipinski definition) is 5. The van der Waals surface area contributed by atoms with E-state index in [1.165, 1.54) is 29.4 Å². The third-order valence-corrected chi connectivity index (χ3v) is 4.92. The van der Waals surface area contributed by atoms with E-state index in [2.05, 4.69) is 24.8 Å². The van der Waals surface area contributed by atoms with Crippen LogP contribution in [0.4, 0.5) is 10.2 Å². The Labute approximate surface area is 168 Å². The molecule has 0 amide bonds. The predicted octanol–water partition coefficient (Wildman–Crippen LogP) is 0.263. The van der Waals surface area contributed by atoms with Crippen molar-refractivity contribution < 1.29 is 38.2 Å². The topological polar surface area (TPSA) is 172 Å². The first-order chi connectivity index (χ1) is 14.2. The molecule has 0 unspecified atom stereocenters. The quantitative estimate of drug-likeness (QED) is 0.332. The number of phosphoric acid groups is 1. The highest BCUT2D eigenvalue weighted by Gasteiger charge is 2.47. The lowest BCUT2D eigenvalue weighted by molar-refractivity contribution is -0.134. The van der Waals surface area contributed by atoms with Crippen LogP contribution in [-0.2, 0) is 20.4 Å². The van der Waals surface area contributed by atoms with Gasteiger partial charge in [0.25, 0.3) is 0 Å². The number of benzene rings is 1. The molecular weight excluding hydrogens is 424 g/mol. The van der Waals surface area contributed by atoms with Crippen molar-refractivity contribution in [2.45, 2.75) is 31.3 Å². The van der Waals surface area contributed by atoms with Crippen LogP contribution in [0, 0.1) is 5.82 Å². The summed E-state index contributed by atoms with van der Waals surface area (Å²) in [5, 5.41) is 23.3. The highest BCUT2D eigenvalue weighted by Crippen LogP contribution is 2.43. The van der Waals surface area contributed by atoms with Gasteiger partial charge in [-0.25, -0.2) is 23.9 Å². The minimum Gasteiger partial charge on any atom is -0.385 e. The van der Waals surface area contributed by atoms with Gasteiger partial charge >= 0.3 is 7.82 Å². The van der Waals surface area contributed by atoms with E-state index < -0.39 is 32.5 Å². The molecule has 1 aliphatic rings. The molecule has 4 rings (SSSR count). The van der Waals surface area contributed by atoms with Crippen LogP contribution in [0.15, 0.2) is 36.9 Å². The summed E-state index contributed by atoms with van der Waals surface area (Å²) in [6.45, 7) is 0.332. The molecule has 3 aromatic rings. The Hall–Kier alpha value is -2.51. The number of hydrogen-bond acceptors (Lipinski definition) is 9. The number of nitrogens with zero attached hydrogens (tertiary/aromatic N) is 4. The molecule has 1 fully saturated rings. The van der Waals surface area contributed by atoms with E-state index in [-0.39, 0.29) is 11.5 Å². The maximum Gasteiger partial charge on any atom is 0.472 e. The Morgan fingerprint density at radius 3 is 2.60 bits per heavy atom. The molecule has 3 heterocycles. The zero-order valence-electron chi connectivity index (χ0n) is 15.1. The molecule has 0 saturated carbocycles. The molecule has 5 N–H and O–H groups in total.